The Morgan fingerprint density at radius 3 is 2.88 bits per heavy atom. The van der Waals surface area contributed by atoms with Crippen molar-refractivity contribution in [2.45, 2.75) is 24.9 Å². The molecule has 86 valence electrons. The van der Waals surface area contributed by atoms with E-state index in [2.05, 4.69) is 10.1 Å². The van der Waals surface area contributed by atoms with Crippen molar-refractivity contribution in [3.05, 3.63) is 35.6 Å². The van der Waals surface area contributed by atoms with Gasteiger partial charge in [-0.3, -0.25) is 10.1 Å². The molecule has 0 bridgehead atoms. The van der Waals surface area contributed by atoms with E-state index in [1.54, 1.807) is 18.2 Å². The van der Waals surface area contributed by atoms with Gasteiger partial charge in [-0.25, -0.2) is 4.39 Å². The lowest BCUT2D eigenvalue weighted by Crippen LogP contribution is -2.33. The topological polar surface area (TPSA) is 38.3 Å². The number of rotatable bonds is 2. The summed E-state index contributed by atoms with van der Waals surface area (Å²) in [6.45, 7) is 0. The summed E-state index contributed by atoms with van der Waals surface area (Å²) in [5, 5.41) is 3.08. The molecule has 1 N–H and O–H groups in total. The number of nitrogens with one attached hydrogen (secondary N) is 1. The zero-order chi connectivity index (χ0) is 11.5. The van der Waals surface area contributed by atoms with Gasteiger partial charge in [-0.05, 0) is 18.9 Å². The van der Waals surface area contributed by atoms with Crippen molar-refractivity contribution in [3.8, 4) is 0 Å². The molecule has 3 nitrogen and oxygen atoms in total. The lowest BCUT2D eigenvalue weighted by molar-refractivity contribution is -0.142. The van der Waals surface area contributed by atoms with Gasteiger partial charge < -0.3 is 4.74 Å². The van der Waals surface area contributed by atoms with Crippen molar-refractivity contribution in [3.63, 3.8) is 0 Å². The molecule has 1 aliphatic rings. The predicted molar refractivity (Wildman–Crippen MR) is 57.3 cm³/mol. The Hall–Kier alpha value is -1.42. The van der Waals surface area contributed by atoms with Gasteiger partial charge in [0, 0.05) is 11.6 Å². The fourth-order valence-electron chi connectivity index (χ4n) is 2.07. The molecule has 2 atom stereocenters. The molecule has 0 saturated carbocycles. The van der Waals surface area contributed by atoms with Crippen LogP contribution in [0.1, 0.15) is 24.4 Å². The molecule has 0 aromatic heterocycles. The maximum Gasteiger partial charge on any atom is 0.322 e. The third-order valence-corrected chi connectivity index (χ3v) is 2.91. The molecule has 0 unspecified atom stereocenters. The number of carbonyl (C=O) groups is 1. The molecule has 4 heteroatoms. The van der Waals surface area contributed by atoms with Crippen LogP contribution in [0.5, 0.6) is 0 Å². The second-order valence-electron chi connectivity index (χ2n) is 3.89. The summed E-state index contributed by atoms with van der Waals surface area (Å²) < 4.78 is 18.1. The van der Waals surface area contributed by atoms with Gasteiger partial charge in [0.2, 0.25) is 0 Å². The highest BCUT2D eigenvalue weighted by Gasteiger charge is 2.31. The molecular formula is C12H14FNO2. The summed E-state index contributed by atoms with van der Waals surface area (Å²) >= 11 is 0. The average Bonchev–Trinajstić information content (AvgIpc) is 2.78. The normalized spacial score (nSPS) is 24.4. The first-order valence-electron chi connectivity index (χ1n) is 5.30. The van der Waals surface area contributed by atoms with Crippen LogP contribution < -0.4 is 5.32 Å². The molecule has 16 heavy (non-hydrogen) atoms. The number of methoxy groups -OCH3 is 1. The van der Waals surface area contributed by atoms with E-state index in [0.717, 1.165) is 6.42 Å². The van der Waals surface area contributed by atoms with Crippen LogP contribution in [0.25, 0.3) is 0 Å². The van der Waals surface area contributed by atoms with Crippen LogP contribution in [-0.4, -0.2) is 19.1 Å². The van der Waals surface area contributed by atoms with Gasteiger partial charge in [0.05, 0.1) is 7.11 Å². The van der Waals surface area contributed by atoms with Gasteiger partial charge in [0.25, 0.3) is 0 Å². The van der Waals surface area contributed by atoms with Gasteiger partial charge in [0.1, 0.15) is 11.9 Å². The summed E-state index contributed by atoms with van der Waals surface area (Å²) in [7, 11) is 1.36. The zero-order valence-electron chi connectivity index (χ0n) is 9.07. The highest BCUT2D eigenvalue weighted by Crippen LogP contribution is 2.28. The summed E-state index contributed by atoms with van der Waals surface area (Å²) in [4.78, 5) is 11.3. The Labute approximate surface area is 93.6 Å². The van der Waals surface area contributed by atoms with Crippen molar-refractivity contribution in [2.75, 3.05) is 7.11 Å². The Morgan fingerprint density at radius 1 is 1.44 bits per heavy atom. The van der Waals surface area contributed by atoms with E-state index in [4.69, 9.17) is 0 Å². The van der Waals surface area contributed by atoms with E-state index in [1.807, 2.05) is 0 Å². The Kier molecular flexibility index (Phi) is 3.19. The molecular weight excluding hydrogens is 209 g/mol. The second-order valence-corrected chi connectivity index (χ2v) is 3.89. The van der Waals surface area contributed by atoms with Gasteiger partial charge in [-0.2, -0.15) is 0 Å². The third-order valence-electron chi connectivity index (χ3n) is 2.91. The van der Waals surface area contributed by atoms with Crippen LogP contribution in [0.4, 0.5) is 4.39 Å². The molecule has 1 aliphatic heterocycles. The standard InChI is InChI=1S/C12H14FNO2/c1-16-12(15)11-7-6-10(14-11)8-4-2-3-5-9(8)13/h2-5,10-11,14H,6-7H2,1H3/t10-,11+/m0/s1. The fraction of sp³-hybridized carbons (Fsp3) is 0.417. The molecule has 1 heterocycles. The van der Waals surface area contributed by atoms with Crippen LogP contribution in [0.15, 0.2) is 24.3 Å². The first kappa shape index (κ1) is 11.1. The largest absolute Gasteiger partial charge is 0.468 e. The molecule has 1 aromatic carbocycles. The van der Waals surface area contributed by atoms with Crippen molar-refractivity contribution < 1.29 is 13.9 Å². The predicted octanol–water partition coefficient (Wildman–Crippen LogP) is 1.79. The Balaban J connectivity index is 2.09. The van der Waals surface area contributed by atoms with E-state index in [9.17, 15) is 9.18 Å². The minimum atomic E-state index is -0.311. The molecule has 2 rings (SSSR count). The van der Waals surface area contributed by atoms with Gasteiger partial charge in [-0.1, -0.05) is 18.2 Å². The minimum Gasteiger partial charge on any atom is -0.468 e. The number of ether oxygens (including phenoxy) is 1. The fourth-order valence-corrected chi connectivity index (χ4v) is 2.07. The first-order chi connectivity index (χ1) is 7.72. The van der Waals surface area contributed by atoms with Crippen molar-refractivity contribution in [1.82, 2.24) is 5.32 Å². The highest BCUT2D eigenvalue weighted by molar-refractivity contribution is 5.76. The van der Waals surface area contributed by atoms with Crippen molar-refractivity contribution >= 4 is 5.97 Å². The van der Waals surface area contributed by atoms with E-state index < -0.39 is 0 Å². The quantitative estimate of drug-likeness (QED) is 0.777. The van der Waals surface area contributed by atoms with E-state index in [0.29, 0.717) is 12.0 Å². The summed E-state index contributed by atoms with van der Waals surface area (Å²) in [5.41, 5.74) is 0.619. The van der Waals surface area contributed by atoms with E-state index in [1.165, 1.54) is 13.2 Å². The van der Waals surface area contributed by atoms with Crippen LogP contribution in [-0.2, 0) is 9.53 Å². The number of hydrogen-bond donors (Lipinski definition) is 1. The van der Waals surface area contributed by atoms with Crippen LogP contribution in [0.2, 0.25) is 0 Å². The van der Waals surface area contributed by atoms with E-state index in [-0.39, 0.29) is 23.9 Å². The molecule has 0 radical (unpaired) electrons. The molecule has 0 aliphatic carbocycles. The van der Waals surface area contributed by atoms with Gasteiger partial charge in [0.15, 0.2) is 0 Å². The second kappa shape index (κ2) is 4.61. The maximum atomic E-state index is 13.5. The number of carbonyl (C=O) groups excluding carboxylic acids is 1. The van der Waals surface area contributed by atoms with Crippen LogP contribution in [0.3, 0.4) is 0 Å². The molecule has 1 saturated heterocycles. The lowest BCUT2D eigenvalue weighted by atomic mass is 10.0. The van der Waals surface area contributed by atoms with Crippen LogP contribution in [0, 0.1) is 5.82 Å². The van der Waals surface area contributed by atoms with Crippen molar-refractivity contribution in [2.24, 2.45) is 0 Å². The summed E-state index contributed by atoms with van der Waals surface area (Å²) in [6.07, 6.45) is 1.44. The molecule has 1 fully saturated rings. The molecule has 0 spiro atoms. The monoisotopic (exact) mass is 223 g/mol. The molecule has 0 amide bonds. The van der Waals surface area contributed by atoms with Crippen molar-refractivity contribution in [1.29, 1.82) is 0 Å². The number of halogens is 1. The Morgan fingerprint density at radius 2 is 2.19 bits per heavy atom. The smallest absolute Gasteiger partial charge is 0.322 e. The number of esters is 1. The number of hydrogen-bond acceptors (Lipinski definition) is 3. The summed E-state index contributed by atoms with van der Waals surface area (Å²) in [5.74, 6) is -0.510. The number of benzene rings is 1. The first-order valence-corrected chi connectivity index (χ1v) is 5.30. The van der Waals surface area contributed by atoms with E-state index >= 15 is 0 Å². The SMILES string of the molecule is COC(=O)[C@H]1CC[C@@H](c2ccccc2F)N1. The molecule has 1 aromatic rings. The zero-order valence-corrected chi connectivity index (χ0v) is 9.07. The van der Waals surface area contributed by atoms with Gasteiger partial charge >= 0.3 is 5.97 Å². The average molecular weight is 223 g/mol. The van der Waals surface area contributed by atoms with Gasteiger partial charge in [-0.15, -0.1) is 0 Å². The minimum absolute atomic E-state index is 0.0923. The summed E-state index contributed by atoms with van der Waals surface area (Å²) in [6, 6.07) is 6.23. The van der Waals surface area contributed by atoms with Crippen LogP contribution >= 0.6 is 0 Å². The lowest BCUT2D eigenvalue weighted by Gasteiger charge is -2.13. The maximum absolute atomic E-state index is 13.5. The Bertz CT molecular complexity index is 394. The highest BCUT2D eigenvalue weighted by atomic mass is 19.1. The third kappa shape index (κ3) is 2.07.